The smallest absolute Gasteiger partial charge is 0.407 e. The highest BCUT2D eigenvalue weighted by Gasteiger charge is 2.60. The van der Waals surface area contributed by atoms with Gasteiger partial charge >= 0.3 is 12.1 Å². The molecule has 2 fully saturated rings. The van der Waals surface area contributed by atoms with Crippen LogP contribution in [0.5, 0.6) is 5.75 Å². The second kappa shape index (κ2) is 12.6. The van der Waals surface area contributed by atoms with Crippen LogP contribution < -0.4 is 15.0 Å². The maximum atomic E-state index is 13.5. The Hall–Kier alpha value is -2.38. The van der Waals surface area contributed by atoms with Crippen molar-refractivity contribution in [2.75, 3.05) is 37.5 Å². The van der Waals surface area contributed by atoms with Gasteiger partial charge in [-0.1, -0.05) is 46.9 Å². The summed E-state index contributed by atoms with van der Waals surface area (Å²) in [6.45, 7) is 0.627. The number of anilines is 1. The number of esters is 1. The van der Waals surface area contributed by atoms with Crippen molar-refractivity contribution in [2.45, 2.75) is 28.7 Å². The van der Waals surface area contributed by atoms with Gasteiger partial charge in [-0.15, -0.1) is 23.1 Å². The lowest BCUT2D eigenvalue weighted by Crippen LogP contribution is -2.74. The summed E-state index contributed by atoms with van der Waals surface area (Å²) in [4.78, 5) is 54.6. The lowest BCUT2D eigenvalue weighted by molar-refractivity contribution is -0.165. The molecule has 1 aromatic carbocycles. The zero-order chi connectivity index (χ0) is 29.1. The van der Waals surface area contributed by atoms with Gasteiger partial charge in [0.1, 0.15) is 35.8 Å². The molecule has 0 bridgehead atoms. The Morgan fingerprint density at radius 2 is 1.90 bits per heavy atom. The first-order chi connectivity index (χ1) is 18.9. The number of amides is 3. The summed E-state index contributed by atoms with van der Waals surface area (Å²) in [6, 6.07) is 9.88. The molecular formula is C25H26Cl3N3O7S2. The van der Waals surface area contributed by atoms with Crippen molar-refractivity contribution < 1.29 is 33.4 Å². The largest absolute Gasteiger partial charge is 0.497 e. The average molecular weight is 651 g/mol. The van der Waals surface area contributed by atoms with E-state index in [4.69, 9.17) is 49.0 Å². The van der Waals surface area contributed by atoms with Crippen LogP contribution in [0.4, 0.5) is 9.80 Å². The Kier molecular flexibility index (Phi) is 9.66. The number of halogens is 3. The molecule has 10 nitrogen and oxygen atoms in total. The fourth-order valence-electron chi connectivity index (χ4n) is 4.32. The maximum Gasteiger partial charge on any atom is 0.407 e. The van der Waals surface area contributed by atoms with E-state index in [0.717, 1.165) is 5.56 Å². The van der Waals surface area contributed by atoms with E-state index in [9.17, 15) is 19.2 Å². The molecule has 0 spiro atoms. The number of carbonyl (C=O) groups excluding carboxylic acids is 4. The number of rotatable bonds is 9. The first kappa shape index (κ1) is 30.6. The van der Waals surface area contributed by atoms with Crippen molar-refractivity contribution in [1.82, 2.24) is 10.2 Å². The molecule has 15 heteroatoms. The number of benzene rings is 1. The molecule has 4 rings (SSSR count). The van der Waals surface area contributed by atoms with E-state index in [1.165, 1.54) is 39.8 Å². The molecule has 3 atom stereocenters. The zero-order valence-corrected chi connectivity index (χ0v) is 25.3. The number of nitrogens with one attached hydrogen (secondary N) is 1. The normalized spacial score (nSPS) is 22.0. The Morgan fingerprint density at radius 1 is 1.18 bits per heavy atom. The summed E-state index contributed by atoms with van der Waals surface area (Å²) in [5.74, 6) is -0.378. The van der Waals surface area contributed by atoms with Gasteiger partial charge in [-0.2, -0.15) is 0 Å². The topological polar surface area (TPSA) is 114 Å². The lowest BCUT2D eigenvalue weighted by Gasteiger charge is -2.55. The van der Waals surface area contributed by atoms with Crippen LogP contribution in [0.3, 0.4) is 0 Å². The van der Waals surface area contributed by atoms with Gasteiger partial charge in [-0.25, -0.2) is 4.79 Å². The number of hydrogen-bond acceptors (Lipinski definition) is 9. The van der Waals surface area contributed by atoms with Crippen LogP contribution >= 0.6 is 57.9 Å². The predicted octanol–water partition coefficient (Wildman–Crippen LogP) is 4.22. The molecule has 1 N–H and O–H groups in total. The Balaban J connectivity index is 1.49. The Morgan fingerprint density at radius 3 is 2.50 bits per heavy atom. The number of methoxy groups -OCH3 is 1. The molecule has 2 aliphatic rings. The van der Waals surface area contributed by atoms with E-state index in [0.29, 0.717) is 10.8 Å². The van der Waals surface area contributed by atoms with Gasteiger partial charge in [0.15, 0.2) is 0 Å². The highest BCUT2D eigenvalue weighted by molar-refractivity contribution is 8.00. The van der Waals surface area contributed by atoms with Crippen LogP contribution in [0.15, 0.2) is 41.8 Å². The van der Waals surface area contributed by atoms with Crippen molar-refractivity contribution in [3.8, 4) is 5.75 Å². The van der Waals surface area contributed by atoms with Gasteiger partial charge in [-0.3, -0.25) is 19.3 Å². The molecule has 3 amide bonds. The maximum absolute atomic E-state index is 13.5. The number of thioether (sulfide) groups is 1. The van der Waals surface area contributed by atoms with E-state index in [2.05, 4.69) is 5.32 Å². The minimum atomic E-state index is -1.73. The summed E-state index contributed by atoms with van der Waals surface area (Å²) < 4.78 is 14.4. The SMILES string of the molecule is COc1ccc(COC(=O)C2(COC(=O)NCC(Cl)(Cl)Cl)CS[C@@H]3C(N(C(C)=O)c4cccs4)C(=O)N3C2)cc1. The monoisotopic (exact) mass is 649 g/mol. The number of β-lactam (4-membered cyclic amide) rings is 1. The quantitative estimate of drug-likeness (QED) is 0.244. The van der Waals surface area contributed by atoms with Gasteiger partial charge in [0.25, 0.3) is 0 Å². The summed E-state index contributed by atoms with van der Waals surface area (Å²) in [6.07, 6.45) is -0.894. The summed E-state index contributed by atoms with van der Waals surface area (Å²) in [5.41, 5.74) is -0.643. The summed E-state index contributed by atoms with van der Waals surface area (Å²) in [5, 5.41) is 4.44. The molecule has 0 aliphatic carbocycles. The highest BCUT2D eigenvalue weighted by Crippen LogP contribution is 2.46. The minimum Gasteiger partial charge on any atom is -0.497 e. The van der Waals surface area contributed by atoms with E-state index in [1.54, 1.807) is 43.5 Å². The fourth-order valence-corrected chi connectivity index (χ4v) is 6.90. The van der Waals surface area contributed by atoms with Gasteiger partial charge in [0.05, 0.1) is 18.7 Å². The van der Waals surface area contributed by atoms with E-state index < -0.39 is 27.3 Å². The number of hydrogen-bond donors (Lipinski definition) is 1. The molecule has 2 saturated heterocycles. The van der Waals surface area contributed by atoms with E-state index >= 15 is 0 Å². The van der Waals surface area contributed by atoms with Gasteiger partial charge in [-0.05, 0) is 35.2 Å². The summed E-state index contributed by atoms with van der Waals surface area (Å²) in [7, 11) is 1.55. The third-order valence-electron chi connectivity index (χ3n) is 6.35. The molecule has 2 aromatic rings. The molecule has 2 unspecified atom stereocenters. The van der Waals surface area contributed by atoms with Crippen molar-refractivity contribution in [3.63, 3.8) is 0 Å². The predicted molar refractivity (Wildman–Crippen MR) is 154 cm³/mol. The third kappa shape index (κ3) is 6.91. The fraction of sp³-hybridized carbons (Fsp3) is 0.440. The Bertz CT molecular complexity index is 1240. The molecule has 40 heavy (non-hydrogen) atoms. The van der Waals surface area contributed by atoms with Crippen LogP contribution in [0.25, 0.3) is 0 Å². The van der Waals surface area contributed by atoms with Crippen molar-refractivity contribution in [3.05, 3.63) is 47.3 Å². The standard InChI is InChI=1S/C25H26Cl3N3O7S2/c1-15(32)31(18-4-3-9-39-18)19-20(33)30-12-24(14-40-21(19)30,13-38-23(35)29-11-25(26,27)28)22(34)37-10-16-5-7-17(36-2)8-6-16/h3-9,19,21H,10-14H2,1-2H3,(H,29,35)/t19?,21-,24?/m1/s1. The van der Waals surface area contributed by atoms with Crippen LogP contribution in [-0.2, 0) is 30.5 Å². The van der Waals surface area contributed by atoms with Crippen molar-refractivity contribution in [1.29, 1.82) is 0 Å². The van der Waals surface area contributed by atoms with Crippen LogP contribution in [0, 0.1) is 5.41 Å². The number of alkyl carbamates (subject to hydrolysis) is 1. The van der Waals surface area contributed by atoms with Crippen molar-refractivity contribution >= 4 is 86.8 Å². The van der Waals surface area contributed by atoms with Gasteiger partial charge in [0.2, 0.25) is 15.6 Å². The third-order valence-corrected chi connectivity index (χ3v) is 9.19. The molecule has 1 aromatic heterocycles. The molecular weight excluding hydrogens is 625 g/mol. The van der Waals surface area contributed by atoms with Crippen LogP contribution in [-0.4, -0.2) is 76.5 Å². The number of ether oxygens (including phenoxy) is 3. The molecule has 2 aliphatic heterocycles. The summed E-state index contributed by atoms with van der Waals surface area (Å²) >= 11 is 19.7. The van der Waals surface area contributed by atoms with Gasteiger partial charge < -0.3 is 24.4 Å². The number of alkyl halides is 3. The number of fused-ring (bicyclic) bond motifs is 1. The molecule has 3 heterocycles. The number of carbonyl (C=O) groups is 4. The molecule has 0 radical (unpaired) electrons. The lowest BCUT2D eigenvalue weighted by atomic mass is 9.87. The average Bonchev–Trinajstić information content (AvgIpc) is 3.46. The van der Waals surface area contributed by atoms with Crippen LogP contribution in [0.1, 0.15) is 12.5 Å². The van der Waals surface area contributed by atoms with Crippen LogP contribution in [0.2, 0.25) is 0 Å². The number of nitrogens with zero attached hydrogens (tertiary/aromatic N) is 2. The van der Waals surface area contributed by atoms with Crippen molar-refractivity contribution in [2.24, 2.45) is 5.41 Å². The number of thiophene rings is 1. The molecule has 0 saturated carbocycles. The zero-order valence-electron chi connectivity index (χ0n) is 21.4. The molecule has 216 valence electrons. The first-order valence-electron chi connectivity index (χ1n) is 12.0. The van der Waals surface area contributed by atoms with E-state index in [-0.39, 0.29) is 49.2 Å². The highest BCUT2D eigenvalue weighted by atomic mass is 35.6. The Labute approximate surface area is 254 Å². The second-order valence-electron chi connectivity index (χ2n) is 9.20. The van der Waals surface area contributed by atoms with E-state index in [1.807, 2.05) is 5.38 Å². The second-order valence-corrected chi connectivity index (χ2v) is 13.7. The minimum absolute atomic E-state index is 0.0365. The first-order valence-corrected chi connectivity index (χ1v) is 15.0. The van der Waals surface area contributed by atoms with Gasteiger partial charge in [0, 0.05) is 19.2 Å².